The van der Waals surface area contributed by atoms with E-state index in [2.05, 4.69) is 15.2 Å². The number of benzene rings is 1. The first-order valence-electron chi connectivity index (χ1n) is 9.98. The molecule has 0 spiro atoms. The lowest BCUT2D eigenvalue weighted by molar-refractivity contribution is -0.116. The van der Waals surface area contributed by atoms with Crippen molar-refractivity contribution in [2.24, 2.45) is 11.8 Å². The molecule has 1 aromatic heterocycles. The molecule has 2 atom stereocenters. The van der Waals surface area contributed by atoms with Crippen LogP contribution >= 0.6 is 11.6 Å². The normalized spacial score (nSPS) is 21.2. The van der Waals surface area contributed by atoms with Gasteiger partial charge in [-0.25, -0.2) is 0 Å². The molecule has 2 unspecified atom stereocenters. The number of halogens is 1. The second-order valence-corrected chi connectivity index (χ2v) is 8.37. The molecule has 2 aliphatic heterocycles. The van der Waals surface area contributed by atoms with Crippen molar-refractivity contribution in [2.75, 3.05) is 38.0 Å². The Hall–Kier alpha value is -2.44. The lowest BCUT2D eigenvalue weighted by Crippen LogP contribution is -2.34. The van der Waals surface area contributed by atoms with Crippen molar-refractivity contribution in [2.45, 2.75) is 13.3 Å². The molecular weight excluding hydrogens is 388 g/mol. The molecule has 0 radical (unpaired) electrons. The van der Waals surface area contributed by atoms with E-state index >= 15 is 0 Å². The number of pyridine rings is 1. The van der Waals surface area contributed by atoms with Crippen LogP contribution in [0.3, 0.4) is 0 Å². The minimum atomic E-state index is -0.00562. The number of fused-ring (bicyclic) bond motifs is 1. The van der Waals surface area contributed by atoms with Crippen molar-refractivity contribution in [1.29, 1.82) is 0 Å². The molecule has 0 saturated carbocycles. The van der Waals surface area contributed by atoms with Crippen LogP contribution in [0, 0.1) is 18.8 Å². The molecule has 0 bridgehead atoms. The van der Waals surface area contributed by atoms with E-state index < -0.39 is 0 Å². The molecule has 2 aromatic rings. The SMILES string of the molecule is Cc1ccc(NC(=O)CCN2CC3CN(C(=O)c4ccccn4)CC3C2)cc1Cl. The summed E-state index contributed by atoms with van der Waals surface area (Å²) < 4.78 is 0. The van der Waals surface area contributed by atoms with Crippen LogP contribution in [-0.2, 0) is 4.79 Å². The fraction of sp³-hybridized carbons (Fsp3) is 0.409. The zero-order valence-electron chi connectivity index (χ0n) is 16.5. The Morgan fingerprint density at radius 3 is 2.55 bits per heavy atom. The molecule has 29 heavy (non-hydrogen) atoms. The number of nitrogens with one attached hydrogen (secondary N) is 1. The highest BCUT2D eigenvalue weighted by atomic mass is 35.5. The maximum Gasteiger partial charge on any atom is 0.272 e. The topological polar surface area (TPSA) is 65.5 Å². The summed E-state index contributed by atoms with van der Waals surface area (Å²) in [6.45, 7) is 6.06. The lowest BCUT2D eigenvalue weighted by atomic mass is 10.0. The smallest absolute Gasteiger partial charge is 0.272 e. The van der Waals surface area contributed by atoms with Gasteiger partial charge in [0.1, 0.15) is 5.69 Å². The third-order valence-electron chi connectivity index (χ3n) is 5.84. The summed E-state index contributed by atoms with van der Waals surface area (Å²) in [5.74, 6) is 0.958. The predicted molar refractivity (Wildman–Crippen MR) is 113 cm³/mol. The molecule has 152 valence electrons. The zero-order valence-corrected chi connectivity index (χ0v) is 17.2. The number of nitrogens with zero attached hydrogens (tertiary/aromatic N) is 3. The maximum absolute atomic E-state index is 12.6. The highest BCUT2D eigenvalue weighted by molar-refractivity contribution is 6.31. The Morgan fingerprint density at radius 1 is 1.14 bits per heavy atom. The van der Waals surface area contributed by atoms with E-state index in [0.717, 1.165) is 44.0 Å². The molecular formula is C22H25ClN4O2. The standard InChI is InChI=1S/C22H25ClN4O2/c1-15-5-6-18(10-19(15)23)25-21(28)7-9-26-11-16-13-27(14-17(16)12-26)22(29)20-4-2-3-8-24-20/h2-6,8,10,16-17H,7,9,11-14H2,1H3,(H,25,28). The molecule has 3 heterocycles. The molecule has 1 N–H and O–H groups in total. The first-order chi connectivity index (χ1) is 14.0. The quantitative estimate of drug-likeness (QED) is 0.819. The number of aromatic nitrogens is 1. The monoisotopic (exact) mass is 412 g/mol. The summed E-state index contributed by atoms with van der Waals surface area (Å²) in [4.78, 5) is 33.3. The minimum absolute atomic E-state index is 0.00562. The average Bonchev–Trinajstić information content (AvgIpc) is 3.28. The van der Waals surface area contributed by atoms with Gasteiger partial charge in [0.25, 0.3) is 5.91 Å². The van der Waals surface area contributed by atoms with Gasteiger partial charge < -0.3 is 15.1 Å². The molecule has 2 amide bonds. The summed E-state index contributed by atoms with van der Waals surface area (Å²) in [5, 5.41) is 3.57. The van der Waals surface area contributed by atoms with Gasteiger partial charge in [-0.3, -0.25) is 14.6 Å². The van der Waals surface area contributed by atoms with Crippen LogP contribution < -0.4 is 5.32 Å². The fourth-order valence-corrected chi connectivity index (χ4v) is 4.42. The predicted octanol–water partition coefficient (Wildman–Crippen LogP) is 3.08. The summed E-state index contributed by atoms with van der Waals surface area (Å²) >= 11 is 6.11. The van der Waals surface area contributed by atoms with Gasteiger partial charge in [-0.1, -0.05) is 23.7 Å². The van der Waals surface area contributed by atoms with Crippen molar-refractivity contribution >= 4 is 29.1 Å². The molecule has 2 aliphatic rings. The van der Waals surface area contributed by atoms with E-state index in [4.69, 9.17) is 11.6 Å². The Labute approximate surface area is 175 Å². The van der Waals surface area contributed by atoms with Gasteiger partial charge in [-0.2, -0.15) is 0 Å². The van der Waals surface area contributed by atoms with E-state index in [9.17, 15) is 9.59 Å². The summed E-state index contributed by atoms with van der Waals surface area (Å²) in [5.41, 5.74) is 2.23. The second-order valence-electron chi connectivity index (χ2n) is 7.97. The van der Waals surface area contributed by atoms with Crippen LogP contribution in [0.2, 0.25) is 5.02 Å². The highest BCUT2D eigenvalue weighted by Gasteiger charge is 2.41. The maximum atomic E-state index is 12.6. The van der Waals surface area contributed by atoms with E-state index in [1.54, 1.807) is 18.3 Å². The number of rotatable bonds is 5. The first kappa shape index (κ1) is 19.9. The van der Waals surface area contributed by atoms with Crippen LogP contribution in [0.5, 0.6) is 0 Å². The molecule has 2 fully saturated rings. The number of anilines is 1. The number of hydrogen-bond acceptors (Lipinski definition) is 4. The van der Waals surface area contributed by atoms with Crippen LogP contribution in [0.25, 0.3) is 0 Å². The summed E-state index contributed by atoms with van der Waals surface area (Å²) in [7, 11) is 0. The van der Waals surface area contributed by atoms with Crippen molar-refractivity contribution in [3.05, 3.63) is 58.9 Å². The molecule has 2 saturated heterocycles. The van der Waals surface area contributed by atoms with Crippen LogP contribution in [-0.4, -0.2) is 59.3 Å². The third-order valence-corrected chi connectivity index (χ3v) is 6.25. The number of carbonyl (C=O) groups is 2. The van der Waals surface area contributed by atoms with Gasteiger partial charge in [0.2, 0.25) is 5.91 Å². The number of amides is 2. The number of likely N-dealkylation sites (tertiary alicyclic amines) is 2. The Morgan fingerprint density at radius 2 is 1.90 bits per heavy atom. The molecule has 0 aliphatic carbocycles. The zero-order chi connectivity index (χ0) is 20.4. The first-order valence-corrected chi connectivity index (χ1v) is 10.4. The van der Waals surface area contributed by atoms with Gasteiger partial charge in [0.15, 0.2) is 0 Å². The number of carbonyl (C=O) groups excluding carboxylic acids is 2. The van der Waals surface area contributed by atoms with Gasteiger partial charge in [-0.15, -0.1) is 0 Å². The van der Waals surface area contributed by atoms with E-state index in [1.165, 1.54) is 0 Å². The second kappa shape index (κ2) is 8.51. The molecule has 6 nitrogen and oxygen atoms in total. The van der Waals surface area contributed by atoms with E-state index in [1.807, 2.05) is 36.1 Å². The van der Waals surface area contributed by atoms with Crippen molar-refractivity contribution < 1.29 is 9.59 Å². The molecule has 7 heteroatoms. The van der Waals surface area contributed by atoms with Crippen LogP contribution in [0.1, 0.15) is 22.5 Å². The third kappa shape index (κ3) is 4.60. The minimum Gasteiger partial charge on any atom is -0.337 e. The van der Waals surface area contributed by atoms with Crippen LogP contribution in [0.4, 0.5) is 5.69 Å². The van der Waals surface area contributed by atoms with Crippen LogP contribution in [0.15, 0.2) is 42.6 Å². The average molecular weight is 413 g/mol. The van der Waals surface area contributed by atoms with E-state index in [0.29, 0.717) is 29.0 Å². The lowest BCUT2D eigenvalue weighted by Gasteiger charge is -2.21. The molecule has 4 rings (SSSR count). The van der Waals surface area contributed by atoms with E-state index in [-0.39, 0.29) is 11.8 Å². The Bertz CT molecular complexity index is 891. The highest BCUT2D eigenvalue weighted by Crippen LogP contribution is 2.31. The van der Waals surface area contributed by atoms with Gasteiger partial charge in [0.05, 0.1) is 0 Å². The summed E-state index contributed by atoms with van der Waals surface area (Å²) in [6, 6.07) is 11.0. The van der Waals surface area contributed by atoms with Gasteiger partial charge in [-0.05, 0) is 48.6 Å². The van der Waals surface area contributed by atoms with Crippen molar-refractivity contribution in [1.82, 2.24) is 14.8 Å². The van der Waals surface area contributed by atoms with Gasteiger partial charge >= 0.3 is 0 Å². The number of aryl methyl sites for hydroxylation is 1. The van der Waals surface area contributed by atoms with Crippen molar-refractivity contribution in [3.8, 4) is 0 Å². The van der Waals surface area contributed by atoms with Gasteiger partial charge in [0, 0.05) is 56.1 Å². The fourth-order valence-electron chi connectivity index (χ4n) is 4.24. The van der Waals surface area contributed by atoms with Crippen molar-refractivity contribution in [3.63, 3.8) is 0 Å². The molecule has 1 aromatic carbocycles. The largest absolute Gasteiger partial charge is 0.337 e. The Balaban J connectivity index is 1.23. The Kier molecular flexibility index (Phi) is 5.83. The summed E-state index contributed by atoms with van der Waals surface area (Å²) in [6.07, 6.45) is 2.10. The number of hydrogen-bond donors (Lipinski definition) is 1.